The number of benzene rings is 3. The number of rotatable bonds is 7. The van der Waals surface area contributed by atoms with Gasteiger partial charge in [-0.1, -0.05) is 49.4 Å². The highest BCUT2D eigenvalue weighted by Crippen LogP contribution is 2.34. The Bertz CT molecular complexity index is 1330. The lowest BCUT2D eigenvalue weighted by Gasteiger charge is -2.17. The highest BCUT2D eigenvalue weighted by atomic mass is 16.6. The third kappa shape index (κ3) is 3.95. The van der Waals surface area contributed by atoms with Crippen molar-refractivity contribution < 1.29 is 28.8 Å². The summed E-state index contributed by atoms with van der Waals surface area (Å²) < 4.78 is 5.42. The van der Waals surface area contributed by atoms with Crippen molar-refractivity contribution in [2.24, 2.45) is 0 Å². The van der Waals surface area contributed by atoms with Crippen LogP contribution in [-0.2, 0) is 4.74 Å². The number of imide groups is 1. The number of ketones is 1. The Morgan fingerprint density at radius 3 is 2.29 bits per heavy atom. The summed E-state index contributed by atoms with van der Waals surface area (Å²) in [4.78, 5) is 62.6. The summed E-state index contributed by atoms with van der Waals surface area (Å²) in [6.45, 7) is 1.71. The van der Waals surface area contributed by atoms with E-state index in [4.69, 9.17) is 4.74 Å². The van der Waals surface area contributed by atoms with E-state index in [0.717, 1.165) is 11.0 Å². The third-order valence-electron chi connectivity index (χ3n) is 5.40. The van der Waals surface area contributed by atoms with E-state index in [9.17, 15) is 29.3 Å². The zero-order valence-corrected chi connectivity index (χ0v) is 18.0. The van der Waals surface area contributed by atoms with E-state index in [1.807, 2.05) is 0 Å². The Kier molecular flexibility index (Phi) is 6.01. The molecular weight excluding hydrogens is 440 g/mol. The first-order valence-corrected chi connectivity index (χ1v) is 10.4. The second kappa shape index (κ2) is 9.07. The number of ether oxygens (including phenoxy) is 1. The van der Waals surface area contributed by atoms with E-state index in [1.165, 1.54) is 36.4 Å². The number of anilines is 1. The largest absolute Gasteiger partial charge is 0.450 e. The van der Waals surface area contributed by atoms with Gasteiger partial charge in [-0.05, 0) is 30.7 Å². The highest BCUT2D eigenvalue weighted by Gasteiger charge is 2.42. The number of esters is 1. The molecule has 0 aromatic heterocycles. The minimum absolute atomic E-state index is 0.0165. The van der Waals surface area contributed by atoms with Crippen molar-refractivity contribution in [1.29, 1.82) is 0 Å². The van der Waals surface area contributed by atoms with Crippen LogP contribution in [0.5, 0.6) is 0 Å². The molecule has 3 aromatic rings. The van der Waals surface area contributed by atoms with Crippen LogP contribution in [-0.4, -0.2) is 34.6 Å². The van der Waals surface area contributed by atoms with Gasteiger partial charge in [0.05, 0.1) is 21.7 Å². The fourth-order valence-corrected chi connectivity index (χ4v) is 3.73. The van der Waals surface area contributed by atoms with Gasteiger partial charge in [0.1, 0.15) is 5.56 Å². The first kappa shape index (κ1) is 22.5. The Morgan fingerprint density at radius 2 is 1.62 bits per heavy atom. The number of carbonyl (C=O) groups is 4. The maximum atomic E-state index is 12.9. The predicted molar refractivity (Wildman–Crippen MR) is 121 cm³/mol. The van der Waals surface area contributed by atoms with Gasteiger partial charge in [-0.25, -0.2) is 9.69 Å². The topological polar surface area (TPSA) is 124 Å². The molecule has 0 bridgehead atoms. The Balaban J connectivity index is 1.60. The molecule has 3 aromatic carbocycles. The molecule has 1 atom stereocenters. The van der Waals surface area contributed by atoms with E-state index in [-0.39, 0.29) is 34.6 Å². The number of Topliss-reactive ketones (excluding diaryl/α,β-unsaturated/α-hetero) is 1. The molecule has 34 heavy (non-hydrogen) atoms. The zero-order valence-electron chi connectivity index (χ0n) is 18.0. The van der Waals surface area contributed by atoms with Crippen LogP contribution in [0.3, 0.4) is 0 Å². The Morgan fingerprint density at radius 1 is 0.941 bits per heavy atom. The number of fused-ring (bicyclic) bond motifs is 1. The van der Waals surface area contributed by atoms with Gasteiger partial charge in [0.2, 0.25) is 5.78 Å². The maximum Gasteiger partial charge on any atom is 0.338 e. The van der Waals surface area contributed by atoms with Crippen molar-refractivity contribution in [3.63, 3.8) is 0 Å². The van der Waals surface area contributed by atoms with E-state index in [0.29, 0.717) is 5.56 Å². The molecule has 0 fully saturated rings. The van der Waals surface area contributed by atoms with Gasteiger partial charge in [-0.15, -0.1) is 0 Å². The quantitative estimate of drug-likeness (QED) is 0.171. The summed E-state index contributed by atoms with van der Waals surface area (Å²) in [6.07, 6.45) is -0.762. The average molecular weight is 458 g/mol. The molecule has 0 saturated heterocycles. The number of carbonyl (C=O) groups excluding carboxylic acids is 4. The molecule has 9 heteroatoms. The molecule has 0 aliphatic carbocycles. The van der Waals surface area contributed by atoms with Gasteiger partial charge < -0.3 is 4.74 Å². The van der Waals surface area contributed by atoms with Gasteiger partial charge in [0, 0.05) is 11.6 Å². The molecule has 0 saturated carbocycles. The average Bonchev–Trinajstić information content (AvgIpc) is 3.12. The molecule has 9 nitrogen and oxygen atoms in total. The van der Waals surface area contributed by atoms with Gasteiger partial charge >= 0.3 is 5.97 Å². The maximum absolute atomic E-state index is 12.9. The highest BCUT2D eigenvalue weighted by molar-refractivity contribution is 6.35. The van der Waals surface area contributed by atoms with Gasteiger partial charge in [-0.2, -0.15) is 0 Å². The van der Waals surface area contributed by atoms with E-state index < -0.39 is 34.5 Å². The Labute approximate surface area is 193 Å². The minimum Gasteiger partial charge on any atom is -0.450 e. The van der Waals surface area contributed by atoms with Gasteiger partial charge in [0.15, 0.2) is 6.10 Å². The normalized spacial score (nSPS) is 13.4. The van der Waals surface area contributed by atoms with Crippen LogP contribution in [0, 0.1) is 10.1 Å². The van der Waals surface area contributed by atoms with E-state index in [2.05, 4.69) is 0 Å². The van der Waals surface area contributed by atoms with Crippen LogP contribution in [0.2, 0.25) is 0 Å². The van der Waals surface area contributed by atoms with Crippen LogP contribution in [0.4, 0.5) is 11.4 Å². The molecule has 4 rings (SSSR count). The molecule has 1 heterocycles. The SMILES string of the molecule is CC[C@H](OC(=O)c1cccc(N2C(=O)c3cccc([N+](=O)[O-])c3C2=O)c1)C(=O)c1ccccc1. The number of nitro benzene ring substituents is 1. The molecule has 0 radical (unpaired) electrons. The standard InChI is InChI=1S/C25H18N2O7/c1-2-20(22(28)15-8-4-3-5-9-15)34-25(31)16-10-6-11-17(14-16)26-23(29)18-12-7-13-19(27(32)33)21(18)24(26)30/h3-14,20H,2H2,1H3/t20-/m0/s1. The first-order chi connectivity index (χ1) is 16.3. The van der Waals surface area contributed by atoms with Crippen LogP contribution >= 0.6 is 0 Å². The molecule has 0 spiro atoms. The number of nitrogens with zero attached hydrogens (tertiary/aromatic N) is 2. The molecule has 170 valence electrons. The fraction of sp³-hybridized carbons (Fsp3) is 0.120. The van der Waals surface area contributed by atoms with Crippen molar-refractivity contribution >= 4 is 34.9 Å². The van der Waals surface area contributed by atoms with Crippen LogP contribution < -0.4 is 4.90 Å². The van der Waals surface area contributed by atoms with Gasteiger partial charge in [0.25, 0.3) is 17.5 Å². The summed E-state index contributed by atoms with van der Waals surface area (Å²) in [5.74, 6) is -2.75. The van der Waals surface area contributed by atoms with Crippen molar-refractivity contribution in [1.82, 2.24) is 0 Å². The summed E-state index contributed by atoms with van der Waals surface area (Å²) in [7, 11) is 0. The van der Waals surface area contributed by atoms with Crippen LogP contribution in [0.1, 0.15) is 54.8 Å². The Hall–Kier alpha value is -4.66. The fourth-order valence-electron chi connectivity index (χ4n) is 3.73. The summed E-state index contributed by atoms with van der Waals surface area (Å²) in [5.41, 5.74) is -0.389. The lowest BCUT2D eigenvalue weighted by atomic mass is 10.0. The molecule has 1 aliphatic heterocycles. The summed E-state index contributed by atoms with van der Waals surface area (Å²) in [6, 6.07) is 17.8. The molecule has 0 unspecified atom stereocenters. The zero-order chi connectivity index (χ0) is 24.4. The number of hydrogen-bond donors (Lipinski definition) is 0. The van der Waals surface area contributed by atoms with Gasteiger partial charge in [-0.3, -0.25) is 24.5 Å². The second-order valence-corrected chi connectivity index (χ2v) is 7.49. The van der Waals surface area contributed by atoms with Crippen molar-refractivity contribution in [3.8, 4) is 0 Å². The number of amides is 2. The van der Waals surface area contributed by atoms with Crippen molar-refractivity contribution in [3.05, 3.63) is 105 Å². The van der Waals surface area contributed by atoms with Crippen LogP contribution in [0.25, 0.3) is 0 Å². The second-order valence-electron chi connectivity index (χ2n) is 7.49. The summed E-state index contributed by atoms with van der Waals surface area (Å²) >= 11 is 0. The van der Waals surface area contributed by atoms with Crippen molar-refractivity contribution in [2.75, 3.05) is 4.90 Å². The van der Waals surface area contributed by atoms with Crippen molar-refractivity contribution in [2.45, 2.75) is 19.4 Å². The number of nitro groups is 1. The molecular formula is C25H18N2O7. The van der Waals surface area contributed by atoms with E-state index >= 15 is 0 Å². The number of hydrogen-bond acceptors (Lipinski definition) is 7. The van der Waals surface area contributed by atoms with Crippen LogP contribution in [0.15, 0.2) is 72.8 Å². The minimum atomic E-state index is -1.01. The molecule has 2 amide bonds. The predicted octanol–water partition coefficient (Wildman–Crippen LogP) is 4.21. The molecule has 0 N–H and O–H groups in total. The smallest absolute Gasteiger partial charge is 0.338 e. The lowest BCUT2D eigenvalue weighted by Crippen LogP contribution is -2.30. The third-order valence-corrected chi connectivity index (χ3v) is 5.40. The first-order valence-electron chi connectivity index (χ1n) is 10.4. The van der Waals surface area contributed by atoms with E-state index in [1.54, 1.807) is 37.3 Å². The summed E-state index contributed by atoms with van der Waals surface area (Å²) in [5, 5.41) is 11.3. The molecule has 1 aliphatic rings. The lowest BCUT2D eigenvalue weighted by molar-refractivity contribution is -0.385. The monoisotopic (exact) mass is 458 g/mol.